The van der Waals surface area contributed by atoms with Crippen LogP contribution in [-0.4, -0.2) is 34.3 Å². The third-order valence-corrected chi connectivity index (χ3v) is 2.76. The molecule has 1 atom stereocenters. The van der Waals surface area contributed by atoms with Crippen molar-refractivity contribution in [1.82, 2.24) is 9.97 Å². The van der Waals surface area contributed by atoms with Gasteiger partial charge in [0, 0.05) is 25.0 Å². The summed E-state index contributed by atoms with van der Waals surface area (Å²) >= 11 is 3.23. The van der Waals surface area contributed by atoms with Crippen molar-refractivity contribution in [2.45, 2.75) is 6.10 Å². The van der Waals surface area contributed by atoms with E-state index in [2.05, 4.69) is 31.2 Å². The fourth-order valence-corrected chi connectivity index (χ4v) is 1.63. The second-order valence-corrected chi connectivity index (χ2v) is 4.94. The second kappa shape index (κ2) is 7.16. The molecule has 20 heavy (non-hydrogen) atoms. The number of halogens is 2. The van der Waals surface area contributed by atoms with Gasteiger partial charge in [0.25, 0.3) is 0 Å². The smallest absolute Gasteiger partial charge is 0.222 e. The fraction of sp³-hybridized carbons (Fsp3) is 0.231. The topological polar surface area (TPSA) is 67.3 Å². The molecule has 5 nitrogen and oxygen atoms in total. The lowest BCUT2D eigenvalue weighted by atomic mass is 10.3. The SMILES string of the molecule is OC(CNc1ncc(Br)cn1)COc1cccc(F)c1. The van der Waals surface area contributed by atoms with Crippen LogP contribution < -0.4 is 10.1 Å². The zero-order valence-corrected chi connectivity index (χ0v) is 12.0. The Bertz CT molecular complexity index is 554. The Morgan fingerprint density at radius 2 is 2.10 bits per heavy atom. The molecule has 0 aliphatic heterocycles. The van der Waals surface area contributed by atoms with E-state index in [1.807, 2.05) is 0 Å². The van der Waals surface area contributed by atoms with E-state index in [0.717, 1.165) is 4.47 Å². The number of hydrogen-bond acceptors (Lipinski definition) is 5. The zero-order valence-electron chi connectivity index (χ0n) is 10.5. The Morgan fingerprint density at radius 1 is 1.35 bits per heavy atom. The van der Waals surface area contributed by atoms with Crippen LogP contribution in [0.5, 0.6) is 5.75 Å². The summed E-state index contributed by atoms with van der Waals surface area (Å²) in [4.78, 5) is 8.02. The third-order valence-electron chi connectivity index (χ3n) is 2.35. The largest absolute Gasteiger partial charge is 0.491 e. The Morgan fingerprint density at radius 3 is 2.80 bits per heavy atom. The van der Waals surface area contributed by atoms with Gasteiger partial charge >= 0.3 is 0 Å². The molecule has 0 saturated carbocycles. The Balaban J connectivity index is 1.75. The summed E-state index contributed by atoms with van der Waals surface area (Å²) in [5.41, 5.74) is 0. The molecule has 0 radical (unpaired) electrons. The molecular formula is C13H13BrFN3O2. The van der Waals surface area contributed by atoms with Crippen molar-refractivity contribution in [3.63, 3.8) is 0 Å². The molecule has 7 heteroatoms. The van der Waals surface area contributed by atoms with Gasteiger partial charge in [0.05, 0.1) is 4.47 Å². The molecular weight excluding hydrogens is 329 g/mol. The number of nitrogens with zero attached hydrogens (tertiary/aromatic N) is 2. The maximum absolute atomic E-state index is 12.9. The molecule has 0 aliphatic carbocycles. The summed E-state index contributed by atoms with van der Waals surface area (Å²) in [5.74, 6) is 0.417. The van der Waals surface area contributed by atoms with E-state index >= 15 is 0 Å². The van der Waals surface area contributed by atoms with Crippen LogP contribution in [0.15, 0.2) is 41.1 Å². The molecule has 2 rings (SSSR count). The summed E-state index contributed by atoms with van der Waals surface area (Å²) in [6.07, 6.45) is 2.45. The predicted molar refractivity (Wildman–Crippen MR) is 76.1 cm³/mol. The summed E-state index contributed by atoms with van der Waals surface area (Å²) in [7, 11) is 0. The van der Waals surface area contributed by atoms with Crippen molar-refractivity contribution in [1.29, 1.82) is 0 Å². The van der Waals surface area contributed by atoms with Crippen molar-refractivity contribution in [2.24, 2.45) is 0 Å². The quantitative estimate of drug-likeness (QED) is 0.843. The first kappa shape index (κ1) is 14.7. The van der Waals surface area contributed by atoms with E-state index in [-0.39, 0.29) is 19.0 Å². The van der Waals surface area contributed by atoms with Gasteiger partial charge in [-0.2, -0.15) is 0 Å². The molecule has 0 fully saturated rings. The van der Waals surface area contributed by atoms with Crippen LogP contribution in [0.4, 0.5) is 10.3 Å². The molecule has 0 aliphatic rings. The van der Waals surface area contributed by atoms with Crippen LogP contribution in [0, 0.1) is 5.82 Å². The number of benzene rings is 1. The Hall–Kier alpha value is -1.73. The second-order valence-electron chi connectivity index (χ2n) is 4.03. The van der Waals surface area contributed by atoms with E-state index < -0.39 is 6.10 Å². The lowest BCUT2D eigenvalue weighted by Gasteiger charge is -2.13. The predicted octanol–water partition coefficient (Wildman–Crippen LogP) is 2.23. The van der Waals surface area contributed by atoms with Crippen LogP contribution in [-0.2, 0) is 0 Å². The van der Waals surface area contributed by atoms with Gasteiger partial charge in [-0.3, -0.25) is 0 Å². The van der Waals surface area contributed by atoms with Gasteiger partial charge in [-0.05, 0) is 28.1 Å². The summed E-state index contributed by atoms with van der Waals surface area (Å²) < 4.78 is 19.0. The van der Waals surface area contributed by atoms with Crippen molar-refractivity contribution < 1.29 is 14.2 Å². The number of rotatable bonds is 6. The summed E-state index contributed by atoms with van der Waals surface area (Å²) in [5, 5.41) is 12.6. The first-order chi connectivity index (χ1) is 9.63. The van der Waals surface area contributed by atoms with E-state index in [4.69, 9.17) is 4.74 Å². The molecule has 1 aromatic heterocycles. The van der Waals surface area contributed by atoms with Gasteiger partial charge in [0.15, 0.2) is 0 Å². The number of nitrogens with one attached hydrogen (secondary N) is 1. The molecule has 2 N–H and O–H groups in total. The van der Waals surface area contributed by atoms with Gasteiger partial charge in [-0.15, -0.1) is 0 Å². The molecule has 2 aromatic rings. The highest BCUT2D eigenvalue weighted by molar-refractivity contribution is 9.10. The fourth-order valence-electron chi connectivity index (χ4n) is 1.42. The van der Waals surface area contributed by atoms with Gasteiger partial charge in [0.1, 0.15) is 24.3 Å². The average Bonchev–Trinajstić information content (AvgIpc) is 2.45. The average molecular weight is 342 g/mol. The Labute approximate surface area is 124 Å². The summed E-state index contributed by atoms with van der Waals surface area (Å²) in [6, 6.07) is 5.76. The van der Waals surface area contributed by atoms with Crippen molar-refractivity contribution >= 4 is 21.9 Å². The van der Waals surface area contributed by atoms with Crippen molar-refractivity contribution in [2.75, 3.05) is 18.5 Å². The molecule has 0 spiro atoms. The molecule has 1 aromatic carbocycles. The van der Waals surface area contributed by atoms with E-state index in [0.29, 0.717) is 11.7 Å². The normalized spacial score (nSPS) is 11.9. The van der Waals surface area contributed by atoms with E-state index in [1.165, 1.54) is 12.1 Å². The van der Waals surface area contributed by atoms with Crippen LogP contribution in [0.1, 0.15) is 0 Å². The van der Waals surface area contributed by atoms with Crippen LogP contribution >= 0.6 is 15.9 Å². The van der Waals surface area contributed by atoms with Gasteiger partial charge in [0.2, 0.25) is 5.95 Å². The first-order valence-corrected chi connectivity index (χ1v) is 6.70. The minimum absolute atomic E-state index is 0.0486. The van der Waals surface area contributed by atoms with Crippen molar-refractivity contribution in [3.05, 3.63) is 46.9 Å². The monoisotopic (exact) mass is 341 g/mol. The maximum atomic E-state index is 12.9. The number of aromatic nitrogens is 2. The Kier molecular flexibility index (Phi) is 5.25. The molecule has 1 unspecified atom stereocenters. The maximum Gasteiger partial charge on any atom is 0.222 e. The van der Waals surface area contributed by atoms with Crippen LogP contribution in [0.25, 0.3) is 0 Å². The lowest BCUT2D eigenvalue weighted by molar-refractivity contribution is 0.117. The standard InChI is InChI=1S/C13H13BrFN3O2/c14-9-5-16-13(17-6-9)18-7-11(19)8-20-12-3-1-2-10(15)4-12/h1-6,11,19H,7-8H2,(H,16,17,18). The number of aliphatic hydroxyl groups is 1. The van der Waals surface area contributed by atoms with Gasteiger partial charge in [-0.25, -0.2) is 14.4 Å². The van der Waals surface area contributed by atoms with Gasteiger partial charge < -0.3 is 15.2 Å². The molecule has 0 amide bonds. The number of aliphatic hydroxyl groups excluding tert-OH is 1. The highest BCUT2D eigenvalue weighted by atomic mass is 79.9. The highest BCUT2D eigenvalue weighted by Gasteiger charge is 2.06. The van der Waals surface area contributed by atoms with Crippen LogP contribution in [0.2, 0.25) is 0 Å². The van der Waals surface area contributed by atoms with Crippen LogP contribution in [0.3, 0.4) is 0 Å². The summed E-state index contributed by atoms with van der Waals surface area (Å²) in [6.45, 7) is 0.282. The lowest BCUT2D eigenvalue weighted by Crippen LogP contribution is -2.26. The first-order valence-electron chi connectivity index (χ1n) is 5.91. The number of ether oxygens (including phenoxy) is 1. The highest BCUT2D eigenvalue weighted by Crippen LogP contribution is 2.12. The molecule has 0 bridgehead atoms. The minimum Gasteiger partial charge on any atom is -0.491 e. The van der Waals surface area contributed by atoms with E-state index in [9.17, 15) is 9.50 Å². The molecule has 1 heterocycles. The zero-order chi connectivity index (χ0) is 14.4. The van der Waals surface area contributed by atoms with E-state index in [1.54, 1.807) is 24.5 Å². The molecule has 106 valence electrons. The third kappa shape index (κ3) is 4.75. The minimum atomic E-state index is -0.759. The number of anilines is 1. The van der Waals surface area contributed by atoms with Crippen molar-refractivity contribution in [3.8, 4) is 5.75 Å². The number of hydrogen-bond donors (Lipinski definition) is 2. The molecule has 0 saturated heterocycles. The van der Waals surface area contributed by atoms with Gasteiger partial charge in [-0.1, -0.05) is 6.07 Å².